The molecular formula is C21H30IN3O. The molecule has 2 aromatic carbocycles. The van der Waals surface area contributed by atoms with E-state index in [9.17, 15) is 0 Å². The average molecular weight is 467 g/mol. The average Bonchev–Trinajstić information content (AvgIpc) is 2.67. The van der Waals surface area contributed by atoms with Crippen LogP contribution in [-0.2, 0) is 4.74 Å². The molecule has 2 rings (SSSR count). The van der Waals surface area contributed by atoms with Gasteiger partial charge < -0.3 is 15.4 Å². The highest BCUT2D eigenvalue weighted by Gasteiger charge is 2.13. The van der Waals surface area contributed by atoms with Crippen molar-refractivity contribution in [1.82, 2.24) is 10.6 Å². The van der Waals surface area contributed by atoms with Gasteiger partial charge in [-0.2, -0.15) is 0 Å². The Morgan fingerprint density at radius 2 is 1.54 bits per heavy atom. The third-order valence-electron chi connectivity index (χ3n) is 4.00. The first-order chi connectivity index (χ1) is 12.3. The number of aliphatic imine (C=N–C) groups is 1. The van der Waals surface area contributed by atoms with Gasteiger partial charge in [0.15, 0.2) is 5.96 Å². The van der Waals surface area contributed by atoms with E-state index in [1.807, 2.05) is 0 Å². The quantitative estimate of drug-likeness (QED) is 0.254. The molecule has 0 spiro atoms. The topological polar surface area (TPSA) is 45.7 Å². The van der Waals surface area contributed by atoms with Crippen molar-refractivity contribution in [3.8, 4) is 0 Å². The third-order valence-corrected chi connectivity index (χ3v) is 4.00. The van der Waals surface area contributed by atoms with Gasteiger partial charge in [0.05, 0.1) is 6.54 Å². The second kappa shape index (κ2) is 13.6. The van der Waals surface area contributed by atoms with Gasteiger partial charge in [-0.15, -0.1) is 24.0 Å². The highest BCUT2D eigenvalue weighted by Crippen LogP contribution is 2.24. The Hall–Kier alpha value is -1.60. The highest BCUT2D eigenvalue weighted by molar-refractivity contribution is 14.0. The first kappa shape index (κ1) is 22.4. The van der Waals surface area contributed by atoms with Crippen LogP contribution in [0.4, 0.5) is 0 Å². The lowest BCUT2D eigenvalue weighted by Crippen LogP contribution is -2.38. The van der Waals surface area contributed by atoms with Crippen LogP contribution in [-0.4, -0.2) is 39.3 Å². The van der Waals surface area contributed by atoms with Crippen LogP contribution in [0.25, 0.3) is 0 Å². The summed E-state index contributed by atoms with van der Waals surface area (Å²) in [6.45, 7) is 5.23. The number of rotatable bonds is 9. The Kier molecular flexibility index (Phi) is 11.7. The van der Waals surface area contributed by atoms with Gasteiger partial charge in [0.2, 0.25) is 0 Å². The van der Waals surface area contributed by atoms with Gasteiger partial charge in [0.25, 0.3) is 0 Å². The number of nitrogens with one attached hydrogen (secondary N) is 2. The zero-order chi connectivity index (χ0) is 17.7. The Bertz CT molecular complexity index is 580. The minimum absolute atomic E-state index is 0. The normalized spacial score (nSPS) is 11.1. The Morgan fingerprint density at radius 3 is 2.04 bits per heavy atom. The molecule has 0 heterocycles. The van der Waals surface area contributed by atoms with Crippen molar-refractivity contribution in [2.24, 2.45) is 4.99 Å². The van der Waals surface area contributed by atoms with E-state index in [0.29, 0.717) is 6.54 Å². The molecular weight excluding hydrogens is 437 g/mol. The summed E-state index contributed by atoms with van der Waals surface area (Å²) in [4.78, 5) is 4.82. The van der Waals surface area contributed by atoms with Crippen LogP contribution in [0.2, 0.25) is 0 Å². The molecule has 0 fully saturated rings. The maximum atomic E-state index is 5.10. The molecule has 0 aliphatic carbocycles. The summed E-state index contributed by atoms with van der Waals surface area (Å²) in [6, 6.07) is 21.1. The molecule has 4 nitrogen and oxygen atoms in total. The van der Waals surface area contributed by atoms with Gasteiger partial charge in [-0.1, -0.05) is 60.7 Å². The minimum atomic E-state index is 0. The van der Waals surface area contributed by atoms with Crippen LogP contribution in [0.1, 0.15) is 30.4 Å². The van der Waals surface area contributed by atoms with Gasteiger partial charge in [-0.25, -0.2) is 0 Å². The number of methoxy groups -OCH3 is 1. The molecule has 0 radical (unpaired) electrons. The second-order valence-electron chi connectivity index (χ2n) is 5.87. The predicted octanol–water partition coefficient (Wildman–Crippen LogP) is 4.03. The fourth-order valence-electron chi connectivity index (χ4n) is 2.72. The molecule has 2 aromatic rings. The zero-order valence-electron chi connectivity index (χ0n) is 15.7. The third kappa shape index (κ3) is 7.74. The number of ether oxygens (including phenoxy) is 1. The summed E-state index contributed by atoms with van der Waals surface area (Å²) in [5.41, 5.74) is 2.57. The lowest BCUT2D eigenvalue weighted by Gasteiger charge is -2.18. The fourth-order valence-corrected chi connectivity index (χ4v) is 2.72. The van der Waals surface area contributed by atoms with Crippen molar-refractivity contribution in [3.63, 3.8) is 0 Å². The number of hydrogen-bond donors (Lipinski definition) is 2. The molecule has 26 heavy (non-hydrogen) atoms. The van der Waals surface area contributed by atoms with Crippen LogP contribution in [0.15, 0.2) is 65.7 Å². The SMILES string of the molecule is CCNC(=NCC(c1ccccc1)c1ccccc1)NCCCOC.I. The summed E-state index contributed by atoms with van der Waals surface area (Å²) in [5.74, 6) is 1.10. The molecule has 0 bridgehead atoms. The number of halogens is 1. The molecule has 5 heteroatoms. The molecule has 0 saturated heterocycles. The Balaban J connectivity index is 0.00000338. The molecule has 0 aliphatic heterocycles. The predicted molar refractivity (Wildman–Crippen MR) is 121 cm³/mol. The molecule has 2 N–H and O–H groups in total. The first-order valence-corrected chi connectivity index (χ1v) is 8.96. The summed E-state index contributed by atoms with van der Waals surface area (Å²) < 4.78 is 5.10. The van der Waals surface area contributed by atoms with Gasteiger partial charge >= 0.3 is 0 Å². The van der Waals surface area contributed by atoms with Crippen LogP contribution in [0.3, 0.4) is 0 Å². The Morgan fingerprint density at radius 1 is 0.962 bits per heavy atom. The number of guanidine groups is 1. The first-order valence-electron chi connectivity index (χ1n) is 8.96. The minimum Gasteiger partial charge on any atom is -0.385 e. The van der Waals surface area contributed by atoms with Crippen LogP contribution in [0.5, 0.6) is 0 Å². The number of nitrogens with zero attached hydrogens (tertiary/aromatic N) is 1. The van der Waals surface area contributed by atoms with E-state index in [0.717, 1.165) is 32.1 Å². The fraction of sp³-hybridized carbons (Fsp3) is 0.381. The smallest absolute Gasteiger partial charge is 0.191 e. The largest absolute Gasteiger partial charge is 0.385 e. The lowest BCUT2D eigenvalue weighted by atomic mass is 9.91. The number of hydrogen-bond acceptors (Lipinski definition) is 2. The van der Waals surface area contributed by atoms with Gasteiger partial charge in [0, 0.05) is 32.7 Å². The van der Waals surface area contributed by atoms with Crippen LogP contribution < -0.4 is 10.6 Å². The van der Waals surface area contributed by atoms with Crippen molar-refractivity contribution in [2.75, 3.05) is 33.4 Å². The summed E-state index contributed by atoms with van der Waals surface area (Å²) in [6.07, 6.45) is 0.960. The Labute approximate surface area is 174 Å². The van der Waals surface area contributed by atoms with Crippen LogP contribution in [0, 0.1) is 0 Å². The maximum Gasteiger partial charge on any atom is 0.191 e. The zero-order valence-corrected chi connectivity index (χ0v) is 18.0. The lowest BCUT2D eigenvalue weighted by molar-refractivity contribution is 0.195. The van der Waals surface area contributed by atoms with Gasteiger partial charge in [-0.05, 0) is 24.5 Å². The van der Waals surface area contributed by atoms with Gasteiger partial charge in [0.1, 0.15) is 0 Å². The van der Waals surface area contributed by atoms with Crippen molar-refractivity contribution < 1.29 is 4.74 Å². The van der Waals surface area contributed by atoms with E-state index >= 15 is 0 Å². The van der Waals surface area contributed by atoms with Crippen molar-refractivity contribution in [3.05, 3.63) is 71.8 Å². The van der Waals surface area contributed by atoms with E-state index in [2.05, 4.69) is 78.2 Å². The molecule has 142 valence electrons. The molecule has 0 atom stereocenters. The van der Waals surface area contributed by atoms with E-state index in [1.54, 1.807) is 7.11 Å². The van der Waals surface area contributed by atoms with Crippen molar-refractivity contribution in [1.29, 1.82) is 0 Å². The van der Waals surface area contributed by atoms with Crippen molar-refractivity contribution >= 4 is 29.9 Å². The summed E-state index contributed by atoms with van der Waals surface area (Å²) in [7, 11) is 1.73. The monoisotopic (exact) mass is 467 g/mol. The standard InChI is InChI=1S/C21H29N3O.HI/c1-3-22-21(23-15-10-16-25-2)24-17-20(18-11-6-4-7-12-18)19-13-8-5-9-14-19;/h4-9,11-14,20H,3,10,15-17H2,1-2H3,(H2,22,23,24);1H. The second-order valence-corrected chi connectivity index (χ2v) is 5.87. The molecule has 0 unspecified atom stereocenters. The summed E-state index contributed by atoms with van der Waals surface area (Å²) >= 11 is 0. The number of benzene rings is 2. The van der Waals surface area contributed by atoms with E-state index < -0.39 is 0 Å². The highest BCUT2D eigenvalue weighted by atomic mass is 127. The summed E-state index contributed by atoms with van der Waals surface area (Å²) in [5, 5.41) is 6.69. The van der Waals surface area contributed by atoms with Crippen molar-refractivity contribution in [2.45, 2.75) is 19.3 Å². The van der Waals surface area contributed by atoms with Gasteiger partial charge in [-0.3, -0.25) is 4.99 Å². The molecule has 0 amide bonds. The maximum absolute atomic E-state index is 5.10. The van der Waals surface area contributed by atoms with E-state index in [1.165, 1.54) is 11.1 Å². The molecule has 0 saturated carbocycles. The van der Waals surface area contributed by atoms with Crippen LogP contribution >= 0.6 is 24.0 Å². The van der Waals surface area contributed by atoms with E-state index in [-0.39, 0.29) is 29.9 Å². The molecule has 0 aliphatic rings. The van der Waals surface area contributed by atoms with E-state index in [4.69, 9.17) is 9.73 Å². The molecule has 0 aromatic heterocycles.